The van der Waals surface area contributed by atoms with Gasteiger partial charge in [0.15, 0.2) is 0 Å². The molecular formula is C11H19NO. The summed E-state index contributed by atoms with van der Waals surface area (Å²) in [6.45, 7) is 3.31. The molecule has 2 heteroatoms. The number of ether oxygens (including phenoxy) is 1. The van der Waals surface area contributed by atoms with E-state index in [1.54, 1.807) is 5.57 Å². The molecule has 0 amide bonds. The first-order chi connectivity index (χ1) is 6.47. The van der Waals surface area contributed by atoms with E-state index in [0.717, 1.165) is 12.5 Å². The van der Waals surface area contributed by atoms with Crippen molar-refractivity contribution < 1.29 is 4.74 Å². The highest BCUT2D eigenvalue weighted by molar-refractivity contribution is 5.06. The van der Waals surface area contributed by atoms with Crippen molar-refractivity contribution in [3.05, 3.63) is 11.8 Å². The normalized spacial score (nSPS) is 30.2. The lowest BCUT2D eigenvalue weighted by Gasteiger charge is -2.21. The van der Waals surface area contributed by atoms with E-state index < -0.39 is 0 Å². The Bertz CT molecular complexity index is 181. The maximum absolute atomic E-state index is 5.39. The third kappa shape index (κ3) is 2.47. The van der Waals surface area contributed by atoms with Gasteiger partial charge in [0, 0.05) is 0 Å². The van der Waals surface area contributed by atoms with Crippen LogP contribution in [0.15, 0.2) is 11.8 Å². The Labute approximate surface area is 80.4 Å². The Kier molecular flexibility index (Phi) is 3.25. The standard InChI is InChI=1S/C11H19NO/c1-3-10(5-7-12-6-1)11-4-2-8-13-9-11/h9-10,12H,1-8H2. The Morgan fingerprint density at radius 2 is 2.23 bits per heavy atom. The van der Waals surface area contributed by atoms with Crippen molar-refractivity contribution in [2.45, 2.75) is 32.1 Å². The third-order valence-corrected chi connectivity index (χ3v) is 3.06. The van der Waals surface area contributed by atoms with E-state index in [1.165, 1.54) is 45.2 Å². The minimum Gasteiger partial charge on any atom is -0.501 e. The van der Waals surface area contributed by atoms with E-state index in [2.05, 4.69) is 5.32 Å². The summed E-state index contributed by atoms with van der Waals surface area (Å²) in [5.74, 6) is 0.801. The maximum atomic E-state index is 5.39. The maximum Gasteiger partial charge on any atom is 0.0876 e. The van der Waals surface area contributed by atoms with Crippen molar-refractivity contribution in [2.75, 3.05) is 19.7 Å². The average Bonchev–Trinajstić information content (AvgIpc) is 2.47. The number of nitrogens with one attached hydrogen (secondary N) is 1. The molecule has 0 bridgehead atoms. The fourth-order valence-electron chi connectivity index (χ4n) is 2.27. The number of rotatable bonds is 1. The molecule has 0 radical (unpaired) electrons. The van der Waals surface area contributed by atoms with Gasteiger partial charge < -0.3 is 10.1 Å². The Balaban J connectivity index is 1.92. The van der Waals surface area contributed by atoms with Gasteiger partial charge in [0.05, 0.1) is 12.9 Å². The van der Waals surface area contributed by atoms with Gasteiger partial charge in [-0.25, -0.2) is 0 Å². The van der Waals surface area contributed by atoms with Gasteiger partial charge in [0.2, 0.25) is 0 Å². The summed E-state index contributed by atoms with van der Waals surface area (Å²) in [5.41, 5.74) is 1.56. The van der Waals surface area contributed by atoms with Crippen molar-refractivity contribution in [1.82, 2.24) is 5.32 Å². The lowest BCUT2D eigenvalue weighted by Crippen LogP contribution is -2.15. The molecule has 1 saturated heterocycles. The van der Waals surface area contributed by atoms with Crippen molar-refractivity contribution in [1.29, 1.82) is 0 Å². The zero-order valence-corrected chi connectivity index (χ0v) is 8.22. The van der Waals surface area contributed by atoms with Crippen LogP contribution in [0.5, 0.6) is 0 Å². The minimum atomic E-state index is 0.801. The van der Waals surface area contributed by atoms with E-state index in [0.29, 0.717) is 0 Å². The lowest BCUT2D eigenvalue weighted by atomic mass is 9.89. The van der Waals surface area contributed by atoms with Crippen LogP contribution in [-0.4, -0.2) is 19.7 Å². The van der Waals surface area contributed by atoms with Crippen molar-refractivity contribution in [3.8, 4) is 0 Å². The predicted octanol–water partition coefficient (Wildman–Crippen LogP) is 2.07. The number of hydrogen-bond acceptors (Lipinski definition) is 2. The summed E-state index contributed by atoms with van der Waals surface area (Å²) in [5, 5.41) is 3.45. The lowest BCUT2D eigenvalue weighted by molar-refractivity contribution is 0.216. The smallest absolute Gasteiger partial charge is 0.0876 e. The molecule has 1 fully saturated rings. The Hall–Kier alpha value is -0.500. The van der Waals surface area contributed by atoms with Gasteiger partial charge in [-0.05, 0) is 56.7 Å². The minimum absolute atomic E-state index is 0.801. The van der Waals surface area contributed by atoms with Crippen LogP contribution in [0.3, 0.4) is 0 Å². The van der Waals surface area contributed by atoms with Gasteiger partial charge in [-0.1, -0.05) is 0 Å². The summed E-state index contributed by atoms with van der Waals surface area (Å²) in [6.07, 6.45) is 8.49. The molecule has 0 aliphatic carbocycles. The molecule has 2 aliphatic heterocycles. The van der Waals surface area contributed by atoms with Crippen LogP contribution in [0.1, 0.15) is 32.1 Å². The van der Waals surface area contributed by atoms with Gasteiger partial charge in [0.1, 0.15) is 0 Å². The third-order valence-electron chi connectivity index (χ3n) is 3.06. The van der Waals surface area contributed by atoms with Crippen LogP contribution in [0.4, 0.5) is 0 Å². The monoisotopic (exact) mass is 181 g/mol. The van der Waals surface area contributed by atoms with Gasteiger partial charge >= 0.3 is 0 Å². The second-order valence-corrected chi connectivity index (χ2v) is 4.04. The van der Waals surface area contributed by atoms with Crippen LogP contribution in [-0.2, 0) is 4.74 Å². The molecule has 2 rings (SSSR count). The topological polar surface area (TPSA) is 21.3 Å². The largest absolute Gasteiger partial charge is 0.501 e. The molecule has 0 aromatic heterocycles. The van der Waals surface area contributed by atoms with E-state index in [-0.39, 0.29) is 0 Å². The van der Waals surface area contributed by atoms with Crippen molar-refractivity contribution in [3.63, 3.8) is 0 Å². The van der Waals surface area contributed by atoms with Crippen LogP contribution < -0.4 is 5.32 Å². The summed E-state index contributed by atoms with van der Waals surface area (Å²) in [4.78, 5) is 0. The quantitative estimate of drug-likeness (QED) is 0.668. The van der Waals surface area contributed by atoms with E-state index in [4.69, 9.17) is 4.74 Å². The summed E-state index contributed by atoms with van der Waals surface area (Å²) in [7, 11) is 0. The summed E-state index contributed by atoms with van der Waals surface area (Å²) in [6, 6.07) is 0. The first kappa shape index (κ1) is 9.07. The second kappa shape index (κ2) is 4.66. The molecule has 74 valence electrons. The van der Waals surface area contributed by atoms with Crippen molar-refractivity contribution in [2.24, 2.45) is 5.92 Å². The second-order valence-electron chi connectivity index (χ2n) is 4.04. The van der Waals surface area contributed by atoms with E-state index in [1.807, 2.05) is 6.26 Å². The van der Waals surface area contributed by atoms with Gasteiger partial charge in [-0.3, -0.25) is 0 Å². The molecule has 0 aromatic carbocycles. The molecular weight excluding hydrogens is 162 g/mol. The van der Waals surface area contributed by atoms with Gasteiger partial charge in [-0.2, -0.15) is 0 Å². The number of allylic oxidation sites excluding steroid dienone is 1. The fraction of sp³-hybridized carbons (Fsp3) is 0.818. The average molecular weight is 181 g/mol. The molecule has 2 heterocycles. The first-order valence-electron chi connectivity index (χ1n) is 5.48. The molecule has 1 unspecified atom stereocenters. The summed E-state index contributed by atoms with van der Waals surface area (Å²) >= 11 is 0. The first-order valence-corrected chi connectivity index (χ1v) is 5.48. The predicted molar refractivity (Wildman–Crippen MR) is 53.5 cm³/mol. The van der Waals surface area contributed by atoms with Crippen LogP contribution >= 0.6 is 0 Å². The fourth-order valence-corrected chi connectivity index (χ4v) is 2.27. The molecule has 0 saturated carbocycles. The molecule has 1 N–H and O–H groups in total. The molecule has 1 atom stereocenters. The molecule has 0 spiro atoms. The molecule has 0 aromatic rings. The zero-order valence-electron chi connectivity index (χ0n) is 8.22. The highest BCUT2D eigenvalue weighted by atomic mass is 16.5. The Morgan fingerprint density at radius 3 is 3.08 bits per heavy atom. The highest BCUT2D eigenvalue weighted by Crippen LogP contribution is 2.27. The van der Waals surface area contributed by atoms with Gasteiger partial charge in [-0.15, -0.1) is 0 Å². The SMILES string of the molecule is C1=C(C2CCCNCC2)CCCO1. The number of hydrogen-bond donors (Lipinski definition) is 1. The molecule has 2 aliphatic rings. The highest BCUT2D eigenvalue weighted by Gasteiger charge is 2.18. The van der Waals surface area contributed by atoms with Crippen LogP contribution in [0.25, 0.3) is 0 Å². The molecule has 13 heavy (non-hydrogen) atoms. The van der Waals surface area contributed by atoms with Crippen LogP contribution in [0.2, 0.25) is 0 Å². The summed E-state index contributed by atoms with van der Waals surface area (Å²) < 4.78 is 5.39. The van der Waals surface area contributed by atoms with E-state index >= 15 is 0 Å². The zero-order chi connectivity index (χ0) is 8.93. The van der Waals surface area contributed by atoms with Gasteiger partial charge in [0.25, 0.3) is 0 Å². The molecule has 2 nitrogen and oxygen atoms in total. The van der Waals surface area contributed by atoms with Crippen molar-refractivity contribution >= 4 is 0 Å². The van der Waals surface area contributed by atoms with E-state index in [9.17, 15) is 0 Å². The Morgan fingerprint density at radius 1 is 1.23 bits per heavy atom. The van der Waals surface area contributed by atoms with Crippen LogP contribution in [0, 0.1) is 5.92 Å².